The quantitative estimate of drug-likeness (QED) is 0.284. The van der Waals surface area contributed by atoms with Crippen LogP contribution in [0.3, 0.4) is 0 Å². The van der Waals surface area contributed by atoms with E-state index in [9.17, 15) is 4.79 Å². The van der Waals surface area contributed by atoms with Crippen LogP contribution in [0, 0.1) is 0 Å². The molecule has 2 aromatic carbocycles. The van der Waals surface area contributed by atoms with E-state index in [1.165, 1.54) is 16.0 Å². The van der Waals surface area contributed by atoms with Crippen LogP contribution in [0.4, 0.5) is 0 Å². The molecule has 0 aliphatic carbocycles. The topological polar surface area (TPSA) is 42.1 Å². The average Bonchev–Trinajstić information content (AvgIpc) is 3.50. The number of hydrogen-bond donors (Lipinski definition) is 1. The van der Waals surface area contributed by atoms with Crippen LogP contribution in [0.2, 0.25) is 0 Å². The predicted octanol–water partition coefficient (Wildman–Crippen LogP) is 7.75. The van der Waals surface area contributed by atoms with Gasteiger partial charge in [0.05, 0.1) is 25.3 Å². The molecule has 1 N–H and O–H groups in total. The number of ether oxygens (including phenoxy) is 1. The number of carbonyl (C=O) groups is 1. The van der Waals surface area contributed by atoms with Crippen molar-refractivity contribution in [3.8, 4) is 0 Å². The van der Waals surface area contributed by atoms with Gasteiger partial charge in [-0.05, 0) is 35.9 Å². The highest BCUT2D eigenvalue weighted by Gasteiger charge is 2.16. The van der Waals surface area contributed by atoms with E-state index in [0.29, 0.717) is 0 Å². The zero-order valence-electron chi connectivity index (χ0n) is 16.9. The Bertz CT molecular complexity index is 1490. The van der Waals surface area contributed by atoms with Crippen molar-refractivity contribution in [1.29, 1.82) is 0 Å². The summed E-state index contributed by atoms with van der Waals surface area (Å²) in [6, 6.07) is 24.4. The number of rotatable bonds is 4. The second-order valence-electron chi connectivity index (χ2n) is 7.52. The van der Waals surface area contributed by atoms with Gasteiger partial charge in [-0.1, -0.05) is 60.7 Å². The van der Waals surface area contributed by atoms with Crippen molar-refractivity contribution in [3.63, 3.8) is 0 Å². The minimum Gasteiger partial charge on any atom is -0.456 e. The van der Waals surface area contributed by atoms with Crippen LogP contribution >= 0.6 is 22.7 Å². The number of benzene rings is 2. The van der Waals surface area contributed by atoms with Gasteiger partial charge in [0.15, 0.2) is 6.29 Å². The van der Waals surface area contributed by atoms with Gasteiger partial charge in [0.25, 0.3) is 0 Å². The molecule has 1 aliphatic heterocycles. The lowest BCUT2D eigenvalue weighted by atomic mass is 10.0. The molecule has 0 unspecified atom stereocenters. The van der Waals surface area contributed by atoms with Gasteiger partial charge in [-0.15, -0.1) is 22.7 Å². The van der Waals surface area contributed by atoms with Gasteiger partial charge in [-0.25, -0.2) is 0 Å². The zero-order chi connectivity index (χ0) is 21.5. The molecular formula is C27H17NO2S2. The van der Waals surface area contributed by atoms with Crippen molar-refractivity contribution in [1.82, 2.24) is 4.98 Å². The van der Waals surface area contributed by atoms with Gasteiger partial charge in [0.1, 0.15) is 11.5 Å². The number of aldehydes is 1. The number of aromatic nitrogens is 1. The fraction of sp³-hybridized carbons (Fsp3) is 0. The monoisotopic (exact) mass is 451 g/mol. The molecule has 0 amide bonds. The van der Waals surface area contributed by atoms with E-state index < -0.39 is 0 Å². The summed E-state index contributed by atoms with van der Waals surface area (Å²) in [5.41, 5.74) is 5.29. The van der Waals surface area contributed by atoms with E-state index in [2.05, 4.69) is 53.5 Å². The van der Waals surface area contributed by atoms with Crippen LogP contribution in [0.25, 0.3) is 38.0 Å². The molecule has 0 saturated carbocycles. The Balaban J connectivity index is 1.45. The zero-order valence-corrected chi connectivity index (χ0v) is 18.5. The van der Waals surface area contributed by atoms with Gasteiger partial charge in [-0.3, -0.25) is 4.79 Å². The first-order valence-electron chi connectivity index (χ1n) is 10.2. The number of hydrogen-bond acceptors (Lipinski definition) is 4. The second-order valence-corrected chi connectivity index (χ2v) is 9.69. The Labute approximate surface area is 192 Å². The molecule has 0 atom stereocenters. The fourth-order valence-corrected chi connectivity index (χ4v) is 6.04. The van der Waals surface area contributed by atoms with Gasteiger partial charge >= 0.3 is 0 Å². The van der Waals surface area contributed by atoms with Crippen LogP contribution in [-0.2, 0) is 4.74 Å². The molecule has 1 aliphatic rings. The van der Waals surface area contributed by atoms with E-state index >= 15 is 0 Å². The summed E-state index contributed by atoms with van der Waals surface area (Å²) in [7, 11) is 0. The molecule has 6 rings (SSSR count). The smallest absolute Gasteiger partial charge is 0.160 e. The maximum Gasteiger partial charge on any atom is 0.160 e. The number of fused-ring (bicyclic) bond motifs is 3. The first kappa shape index (κ1) is 19.0. The summed E-state index contributed by atoms with van der Waals surface area (Å²) in [5, 5.41) is 0. The highest BCUT2D eigenvalue weighted by molar-refractivity contribution is 7.28. The highest BCUT2D eigenvalue weighted by atomic mass is 32.1. The molecule has 5 heteroatoms. The first-order chi connectivity index (χ1) is 15.8. The SMILES string of the molecule is O=Cc1cc2[nH]c3cc(C=C4C=C(c5ccccc5)OC(c5ccccc5)=C4)sc3c2s1. The third-order valence-electron chi connectivity index (χ3n) is 5.33. The molecule has 0 saturated heterocycles. The van der Waals surface area contributed by atoms with Crippen LogP contribution in [-0.4, -0.2) is 11.3 Å². The lowest BCUT2D eigenvalue weighted by Crippen LogP contribution is -1.99. The molecule has 3 aromatic heterocycles. The largest absolute Gasteiger partial charge is 0.456 e. The molecule has 5 aromatic rings. The van der Waals surface area contributed by atoms with Crippen molar-refractivity contribution in [2.45, 2.75) is 0 Å². The molecule has 154 valence electrons. The molecule has 32 heavy (non-hydrogen) atoms. The van der Waals surface area contributed by atoms with Crippen molar-refractivity contribution in [2.24, 2.45) is 0 Å². The van der Waals surface area contributed by atoms with E-state index in [0.717, 1.165) is 60.0 Å². The fourth-order valence-electron chi connectivity index (χ4n) is 3.88. The van der Waals surface area contributed by atoms with E-state index in [1.54, 1.807) is 11.3 Å². The first-order valence-corrected chi connectivity index (χ1v) is 11.8. The number of carbonyl (C=O) groups excluding carboxylic acids is 1. The van der Waals surface area contributed by atoms with E-state index in [1.807, 2.05) is 42.5 Å². The van der Waals surface area contributed by atoms with E-state index in [-0.39, 0.29) is 0 Å². The minimum absolute atomic E-state index is 0.747. The van der Waals surface area contributed by atoms with Crippen molar-refractivity contribution in [3.05, 3.63) is 111 Å². The van der Waals surface area contributed by atoms with Crippen LogP contribution < -0.4 is 0 Å². The third-order valence-corrected chi connectivity index (χ3v) is 7.64. The second kappa shape index (κ2) is 7.79. The lowest BCUT2D eigenvalue weighted by Gasteiger charge is -2.19. The standard InChI is InChI=1S/C27H17NO2S2/c29-16-21-15-23-27(32-21)26-22(28-23)14-20(31-26)11-17-12-24(18-7-3-1-4-8-18)30-25(13-17)19-9-5-2-6-10-19/h1-16,28H. The van der Waals surface area contributed by atoms with Crippen LogP contribution in [0.15, 0.2) is 90.5 Å². The number of thiophene rings is 2. The Morgan fingerprint density at radius 3 is 1.81 bits per heavy atom. The van der Waals surface area contributed by atoms with Gasteiger partial charge in [0.2, 0.25) is 0 Å². The normalized spacial score (nSPS) is 13.7. The van der Waals surface area contributed by atoms with Crippen molar-refractivity contribution >= 4 is 67.0 Å². The number of nitrogens with one attached hydrogen (secondary N) is 1. The Morgan fingerprint density at radius 2 is 1.25 bits per heavy atom. The summed E-state index contributed by atoms with van der Waals surface area (Å²) >= 11 is 3.27. The molecule has 0 fully saturated rings. The highest BCUT2D eigenvalue weighted by Crippen LogP contribution is 2.39. The molecule has 0 spiro atoms. The van der Waals surface area contributed by atoms with Gasteiger partial charge < -0.3 is 9.72 Å². The summed E-state index contributed by atoms with van der Waals surface area (Å²) in [6.07, 6.45) is 7.27. The van der Waals surface area contributed by atoms with Crippen molar-refractivity contribution in [2.75, 3.05) is 0 Å². The lowest BCUT2D eigenvalue weighted by molar-refractivity contribution is 0.112. The summed E-state index contributed by atoms with van der Waals surface area (Å²) in [5.74, 6) is 1.66. The summed E-state index contributed by atoms with van der Waals surface area (Å²) < 4.78 is 8.62. The maximum absolute atomic E-state index is 11.1. The number of H-pyrrole nitrogens is 1. The molecule has 3 nitrogen and oxygen atoms in total. The van der Waals surface area contributed by atoms with Crippen LogP contribution in [0.5, 0.6) is 0 Å². The Hall–Kier alpha value is -3.67. The molecule has 4 heterocycles. The molecular weight excluding hydrogens is 434 g/mol. The summed E-state index contributed by atoms with van der Waals surface area (Å²) in [4.78, 5) is 16.5. The summed E-state index contributed by atoms with van der Waals surface area (Å²) in [6.45, 7) is 0. The van der Waals surface area contributed by atoms with Gasteiger partial charge in [0, 0.05) is 16.0 Å². The number of allylic oxidation sites excluding steroid dienone is 3. The van der Waals surface area contributed by atoms with Crippen LogP contribution in [0.1, 0.15) is 25.7 Å². The predicted molar refractivity (Wildman–Crippen MR) is 135 cm³/mol. The molecule has 0 radical (unpaired) electrons. The van der Waals surface area contributed by atoms with Crippen molar-refractivity contribution < 1.29 is 9.53 Å². The molecule has 0 bridgehead atoms. The number of aromatic amines is 1. The Kier molecular flexibility index (Phi) is 4.63. The minimum atomic E-state index is 0.747. The van der Waals surface area contributed by atoms with Gasteiger partial charge in [-0.2, -0.15) is 0 Å². The average molecular weight is 452 g/mol. The third kappa shape index (κ3) is 3.42. The van der Waals surface area contributed by atoms with E-state index in [4.69, 9.17) is 4.74 Å². The Morgan fingerprint density at radius 1 is 0.719 bits per heavy atom. The maximum atomic E-state index is 11.1.